The Kier molecular flexibility index (Phi) is 1.35. The topological polar surface area (TPSA) is 87.0 Å². The molecule has 0 aliphatic carbocycles. The van der Waals surface area contributed by atoms with Gasteiger partial charge in [0, 0.05) is 12.4 Å². The molecule has 0 saturated carbocycles. The Morgan fingerprint density at radius 2 is 2.11 bits per heavy atom. The molecule has 1 aliphatic rings. The molecule has 1 aliphatic heterocycles. The number of nitrogens with zero attached hydrogens (tertiary/aromatic N) is 3. The highest BCUT2D eigenvalue weighted by molar-refractivity contribution is 6.26. The molecule has 46 valence electrons. The predicted octanol–water partition coefficient (Wildman–Crippen LogP) is -0.609. The van der Waals surface area contributed by atoms with Crippen molar-refractivity contribution >= 4 is 24.3 Å². The Morgan fingerprint density at radius 3 is 2.56 bits per heavy atom. The van der Waals surface area contributed by atoms with E-state index < -0.39 is 0 Å². The summed E-state index contributed by atoms with van der Waals surface area (Å²) in [5.74, 6) is -0.0382. The molecule has 0 aromatic heterocycles. The molecule has 0 fully saturated rings. The van der Waals surface area contributed by atoms with Gasteiger partial charge in [-0.05, 0) is 0 Å². The number of guanidine groups is 2. The first-order valence-electron chi connectivity index (χ1n) is 2.28. The first kappa shape index (κ1) is 5.61. The third-order valence-electron chi connectivity index (χ3n) is 0.667. The first-order valence-corrected chi connectivity index (χ1v) is 2.28. The van der Waals surface area contributed by atoms with E-state index in [1.165, 1.54) is 12.4 Å². The van der Waals surface area contributed by atoms with E-state index in [0.717, 1.165) is 0 Å². The van der Waals surface area contributed by atoms with Crippen LogP contribution >= 0.6 is 0 Å². The minimum Gasteiger partial charge on any atom is -0.368 e. The summed E-state index contributed by atoms with van der Waals surface area (Å²) < 4.78 is 0. The lowest BCUT2D eigenvalue weighted by Crippen LogP contribution is -2.07. The summed E-state index contributed by atoms with van der Waals surface area (Å²) in [7, 11) is 0. The zero-order valence-corrected chi connectivity index (χ0v) is 4.57. The van der Waals surface area contributed by atoms with Gasteiger partial charge in [0.2, 0.25) is 5.96 Å². The Balaban J connectivity index is 2.73. The van der Waals surface area contributed by atoms with Crippen LogP contribution in [-0.2, 0) is 0 Å². The molecule has 0 radical (unpaired) electrons. The van der Waals surface area contributed by atoms with Gasteiger partial charge in [-0.1, -0.05) is 0 Å². The van der Waals surface area contributed by atoms with Crippen LogP contribution in [0.1, 0.15) is 0 Å². The van der Waals surface area contributed by atoms with Crippen LogP contribution in [-0.4, -0.2) is 24.3 Å². The standard InChI is InChI=1S/C4H5N5/c5-3(6)9-4-7-1-2-8-4/h1-2H,(H3,5,6). The van der Waals surface area contributed by atoms with E-state index in [2.05, 4.69) is 15.0 Å². The SMILES string of the molecule is N=C(N)N=C1N=CC=N1. The van der Waals surface area contributed by atoms with Gasteiger partial charge in [-0.15, -0.1) is 0 Å². The number of nitrogens with one attached hydrogen (secondary N) is 1. The maximum Gasteiger partial charge on any atom is 0.252 e. The van der Waals surface area contributed by atoms with E-state index in [4.69, 9.17) is 11.1 Å². The monoisotopic (exact) mass is 123 g/mol. The smallest absolute Gasteiger partial charge is 0.252 e. The summed E-state index contributed by atoms with van der Waals surface area (Å²) in [5.41, 5.74) is 4.92. The number of rotatable bonds is 0. The molecule has 5 nitrogen and oxygen atoms in total. The fraction of sp³-hybridized carbons (Fsp3) is 0. The first-order chi connectivity index (χ1) is 4.29. The van der Waals surface area contributed by atoms with E-state index in [1.807, 2.05) is 0 Å². The number of hydrogen-bond donors (Lipinski definition) is 2. The van der Waals surface area contributed by atoms with Gasteiger partial charge in [0.25, 0.3) is 5.96 Å². The van der Waals surface area contributed by atoms with Gasteiger partial charge in [-0.25, -0.2) is 9.98 Å². The molecule has 0 spiro atoms. The van der Waals surface area contributed by atoms with Crippen LogP contribution in [0.25, 0.3) is 0 Å². The number of aliphatic imine (C=N–C) groups is 3. The van der Waals surface area contributed by atoms with Crippen LogP contribution in [0.4, 0.5) is 0 Å². The maximum atomic E-state index is 6.70. The summed E-state index contributed by atoms with van der Waals surface area (Å²) in [6.07, 6.45) is 2.98. The molecule has 9 heavy (non-hydrogen) atoms. The quantitative estimate of drug-likeness (QED) is 0.326. The highest BCUT2D eigenvalue weighted by Gasteiger charge is 1.94. The minimum atomic E-state index is -0.277. The molecular weight excluding hydrogens is 118 g/mol. The Bertz CT molecular complexity index is 197. The van der Waals surface area contributed by atoms with Crippen molar-refractivity contribution in [2.24, 2.45) is 20.7 Å². The van der Waals surface area contributed by atoms with E-state index in [9.17, 15) is 0 Å². The number of hydrogen-bond acceptors (Lipinski definition) is 1. The zero-order valence-electron chi connectivity index (χ0n) is 4.57. The number of nitrogens with two attached hydrogens (primary N) is 1. The third-order valence-corrected chi connectivity index (χ3v) is 0.667. The van der Waals surface area contributed by atoms with Gasteiger partial charge < -0.3 is 5.73 Å². The van der Waals surface area contributed by atoms with Crippen molar-refractivity contribution in [3.05, 3.63) is 0 Å². The third kappa shape index (κ3) is 1.45. The second-order valence-corrected chi connectivity index (χ2v) is 1.35. The lowest BCUT2D eigenvalue weighted by molar-refractivity contribution is 1.36. The molecule has 0 aromatic rings. The molecule has 0 bridgehead atoms. The van der Waals surface area contributed by atoms with Crippen LogP contribution in [0.5, 0.6) is 0 Å². The van der Waals surface area contributed by atoms with E-state index in [-0.39, 0.29) is 11.9 Å². The summed E-state index contributed by atoms with van der Waals surface area (Å²) >= 11 is 0. The zero-order chi connectivity index (χ0) is 6.69. The van der Waals surface area contributed by atoms with Gasteiger partial charge in [0.1, 0.15) is 0 Å². The molecule has 5 heteroatoms. The molecule has 0 unspecified atom stereocenters. The predicted molar refractivity (Wildman–Crippen MR) is 36.3 cm³/mol. The van der Waals surface area contributed by atoms with E-state index in [0.29, 0.717) is 0 Å². The average molecular weight is 123 g/mol. The van der Waals surface area contributed by atoms with Crippen molar-refractivity contribution in [1.29, 1.82) is 5.41 Å². The minimum absolute atomic E-state index is 0.238. The van der Waals surface area contributed by atoms with Crippen molar-refractivity contribution in [2.75, 3.05) is 0 Å². The summed E-state index contributed by atoms with van der Waals surface area (Å²) in [6, 6.07) is 0. The van der Waals surface area contributed by atoms with Crippen LogP contribution in [0.15, 0.2) is 15.0 Å². The van der Waals surface area contributed by atoms with Crippen molar-refractivity contribution in [3.63, 3.8) is 0 Å². The molecule has 3 N–H and O–H groups in total. The molecule has 0 atom stereocenters. The van der Waals surface area contributed by atoms with Gasteiger partial charge in [0.05, 0.1) is 0 Å². The van der Waals surface area contributed by atoms with Crippen molar-refractivity contribution in [1.82, 2.24) is 0 Å². The van der Waals surface area contributed by atoms with Crippen LogP contribution in [0.3, 0.4) is 0 Å². The molecule has 1 heterocycles. The van der Waals surface area contributed by atoms with Crippen LogP contribution < -0.4 is 5.73 Å². The van der Waals surface area contributed by atoms with Crippen LogP contribution in [0, 0.1) is 5.41 Å². The van der Waals surface area contributed by atoms with Gasteiger partial charge >= 0.3 is 0 Å². The Labute approximate surface area is 51.5 Å². The van der Waals surface area contributed by atoms with Crippen LogP contribution in [0.2, 0.25) is 0 Å². The Morgan fingerprint density at radius 1 is 1.56 bits per heavy atom. The summed E-state index contributed by atoms with van der Waals surface area (Å²) in [4.78, 5) is 10.8. The second-order valence-electron chi connectivity index (χ2n) is 1.35. The highest BCUT2D eigenvalue weighted by Crippen LogP contribution is 1.86. The van der Waals surface area contributed by atoms with Gasteiger partial charge in [0.15, 0.2) is 0 Å². The lowest BCUT2D eigenvalue weighted by Gasteiger charge is -1.84. The molecule has 0 saturated heterocycles. The summed E-state index contributed by atoms with van der Waals surface area (Å²) in [5, 5.41) is 6.70. The van der Waals surface area contributed by atoms with E-state index in [1.54, 1.807) is 0 Å². The lowest BCUT2D eigenvalue weighted by atomic mass is 10.9. The van der Waals surface area contributed by atoms with Crippen molar-refractivity contribution < 1.29 is 0 Å². The largest absolute Gasteiger partial charge is 0.368 e. The van der Waals surface area contributed by atoms with Gasteiger partial charge in [-0.3, -0.25) is 5.41 Å². The van der Waals surface area contributed by atoms with Crippen molar-refractivity contribution in [2.45, 2.75) is 0 Å². The van der Waals surface area contributed by atoms with E-state index >= 15 is 0 Å². The fourth-order valence-corrected chi connectivity index (χ4v) is 0.399. The molecule has 1 rings (SSSR count). The molecule has 0 amide bonds. The highest BCUT2D eigenvalue weighted by atomic mass is 15.1. The molecule has 0 aromatic carbocycles. The normalized spacial score (nSPS) is 14.4. The Hall–Kier alpha value is -1.52. The average Bonchev–Trinajstić information content (AvgIpc) is 2.15. The van der Waals surface area contributed by atoms with Crippen molar-refractivity contribution in [3.8, 4) is 0 Å². The fourth-order valence-electron chi connectivity index (χ4n) is 0.399. The van der Waals surface area contributed by atoms with Gasteiger partial charge in [-0.2, -0.15) is 4.99 Å². The second kappa shape index (κ2) is 2.17. The summed E-state index contributed by atoms with van der Waals surface area (Å²) in [6.45, 7) is 0. The maximum absolute atomic E-state index is 6.70. The molecular formula is C4H5N5.